The fraction of sp³-hybridized carbons (Fsp3) is 0.125. The van der Waals surface area contributed by atoms with E-state index in [1.165, 1.54) is 4.57 Å². The van der Waals surface area contributed by atoms with Crippen molar-refractivity contribution in [2.45, 2.75) is 19.4 Å². The van der Waals surface area contributed by atoms with Gasteiger partial charge in [0.2, 0.25) is 0 Å². The number of rotatable bonds is 6. The summed E-state index contributed by atoms with van der Waals surface area (Å²) in [6.45, 7) is 0.265. The smallest absolute Gasteiger partial charge is 0.358 e. The number of aryl methyl sites for hydroxylation is 2. The van der Waals surface area contributed by atoms with Crippen LogP contribution in [0.15, 0.2) is 76.1 Å². The molecule has 0 atom stereocenters. The van der Waals surface area contributed by atoms with Gasteiger partial charge in [0, 0.05) is 10.9 Å². The SMILES string of the molecule is O=C(O)c1nc(Br)c2c(cc(CCc3ccccc3)c(=O)n2Cc2ccccc2)c1O. The van der Waals surface area contributed by atoms with Crippen molar-refractivity contribution in [1.82, 2.24) is 9.55 Å². The molecule has 4 rings (SSSR count). The predicted octanol–water partition coefficient (Wildman–Crippen LogP) is 4.40. The van der Waals surface area contributed by atoms with Crippen LogP contribution in [0.4, 0.5) is 0 Å². The highest BCUT2D eigenvalue weighted by Gasteiger charge is 2.22. The van der Waals surface area contributed by atoms with E-state index in [-0.39, 0.29) is 22.1 Å². The van der Waals surface area contributed by atoms with Crippen LogP contribution < -0.4 is 5.56 Å². The molecule has 0 saturated carbocycles. The van der Waals surface area contributed by atoms with Crippen LogP contribution in [-0.4, -0.2) is 25.7 Å². The second-order valence-corrected chi connectivity index (χ2v) is 7.95. The highest BCUT2D eigenvalue weighted by atomic mass is 79.9. The van der Waals surface area contributed by atoms with E-state index in [0.29, 0.717) is 23.9 Å². The first-order valence-corrected chi connectivity index (χ1v) is 10.5. The summed E-state index contributed by atoms with van der Waals surface area (Å²) >= 11 is 3.30. The maximum atomic E-state index is 13.4. The van der Waals surface area contributed by atoms with Gasteiger partial charge in [-0.05, 0) is 46.0 Å². The summed E-state index contributed by atoms with van der Waals surface area (Å²) in [7, 11) is 0. The summed E-state index contributed by atoms with van der Waals surface area (Å²) in [5, 5.41) is 20.3. The average Bonchev–Trinajstić information content (AvgIpc) is 2.78. The van der Waals surface area contributed by atoms with Crippen molar-refractivity contribution in [3.8, 4) is 5.75 Å². The molecule has 7 heteroatoms. The highest BCUT2D eigenvalue weighted by molar-refractivity contribution is 9.10. The van der Waals surface area contributed by atoms with Crippen molar-refractivity contribution in [1.29, 1.82) is 0 Å². The van der Waals surface area contributed by atoms with Crippen LogP contribution in [0.5, 0.6) is 5.75 Å². The lowest BCUT2D eigenvalue weighted by Gasteiger charge is -2.16. The van der Waals surface area contributed by atoms with Crippen LogP contribution in [0.2, 0.25) is 0 Å². The maximum Gasteiger partial charge on any atom is 0.358 e. The number of halogens is 1. The van der Waals surface area contributed by atoms with Gasteiger partial charge in [-0.2, -0.15) is 0 Å². The minimum atomic E-state index is -1.34. The second-order valence-electron chi connectivity index (χ2n) is 7.20. The van der Waals surface area contributed by atoms with Crippen LogP contribution in [0.25, 0.3) is 10.9 Å². The average molecular weight is 479 g/mol. The first-order chi connectivity index (χ1) is 15.0. The molecule has 0 unspecified atom stereocenters. The largest absolute Gasteiger partial charge is 0.505 e. The Labute approximate surface area is 186 Å². The third-order valence-corrected chi connectivity index (χ3v) is 5.71. The van der Waals surface area contributed by atoms with Gasteiger partial charge in [-0.15, -0.1) is 0 Å². The summed E-state index contributed by atoms with van der Waals surface area (Å²) < 4.78 is 1.73. The molecule has 2 heterocycles. The number of fused-ring (bicyclic) bond motifs is 1. The van der Waals surface area contributed by atoms with Gasteiger partial charge < -0.3 is 14.8 Å². The minimum Gasteiger partial charge on any atom is -0.505 e. The lowest BCUT2D eigenvalue weighted by atomic mass is 10.0. The number of benzene rings is 2. The van der Waals surface area contributed by atoms with Crippen molar-refractivity contribution < 1.29 is 15.0 Å². The topological polar surface area (TPSA) is 92.4 Å². The Balaban J connectivity index is 1.91. The van der Waals surface area contributed by atoms with Crippen LogP contribution >= 0.6 is 15.9 Å². The predicted molar refractivity (Wildman–Crippen MR) is 122 cm³/mol. The molecule has 31 heavy (non-hydrogen) atoms. The minimum absolute atomic E-state index is 0.195. The number of hydrogen-bond acceptors (Lipinski definition) is 4. The monoisotopic (exact) mass is 478 g/mol. The Morgan fingerprint density at radius 2 is 1.58 bits per heavy atom. The third-order valence-electron chi connectivity index (χ3n) is 5.16. The molecule has 6 nitrogen and oxygen atoms in total. The van der Waals surface area contributed by atoms with E-state index in [2.05, 4.69) is 20.9 Å². The van der Waals surface area contributed by atoms with E-state index in [0.717, 1.165) is 11.1 Å². The molecule has 4 aromatic rings. The van der Waals surface area contributed by atoms with Gasteiger partial charge in [0.05, 0.1) is 12.1 Å². The molecule has 0 bridgehead atoms. The van der Waals surface area contributed by atoms with E-state index < -0.39 is 17.4 Å². The van der Waals surface area contributed by atoms with Crippen molar-refractivity contribution in [2.24, 2.45) is 0 Å². The van der Waals surface area contributed by atoms with Gasteiger partial charge in [-0.1, -0.05) is 60.7 Å². The summed E-state index contributed by atoms with van der Waals surface area (Å²) in [6.07, 6.45) is 1.10. The Hall–Kier alpha value is -3.45. The number of hydrogen-bond donors (Lipinski definition) is 2. The standard InChI is InChI=1S/C24H19BrN2O4/c25-22-20-18(21(28)19(26-22)24(30)31)13-17(12-11-15-7-3-1-4-8-15)23(29)27(20)14-16-9-5-2-6-10-16/h1-10,13,28H,11-12,14H2,(H,30,31). The maximum absolute atomic E-state index is 13.4. The molecule has 2 aromatic carbocycles. The van der Waals surface area contributed by atoms with Crippen molar-refractivity contribution in [2.75, 3.05) is 0 Å². The zero-order chi connectivity index (χ0) is 22.0. The normalized spacial score (nSPS) is 11.0. The van der Waals surface area contributed by atoms with Crippen LogP contribution in [-0.2, 0) is 19.4 Å². The quantitative estimate of drug-likeness (QED) is 0.400. The molecule has 0 radical (unpaired) electrons. The molecule has 2 aromatic heterocycles. The highest BCUT2D eigenvalue weighted by Crippen LogP contribution is 2.32. The Morgan fingerprint density at radius 1 is 0.968 bits per heavy atom. The first kappa shape index (κ1) is 20.8. The number of carboxylic acid groups (broad SMARTS) is 1. The van der Waals surface area contributed by atoms with Gasteiger partial charge in [-0.25, -0.2) is 9.78 Å². The van der Waals surface area contributed by atoms with Crippen molar-refractivity contribution >= 4 is 32.8 Å². The van der Waals surface area contributed by atoms with Crippen molar-refractivity contribution in [3.05, 3.63) is 104 Å². The van der Waals surface area contributed by atoms with E-state index in [1.807, 2.05) is 60.7 Å². The number of carboxylic acids is 1. The Kier molecular flexibility index (Phi) is 5.86. The van der Waals surface area contributed by atoms with Gasteiger partial charge >= 0.3 is 5.97 Å². The molecule has 156 valence electrons. The van der Waals surface area contributed by atoms with Crippen LogP contribution in [0.3, 0.4) is 0 Å². The van der Waals surface area contributed by atoms with Crippen LogP contribution in [0.1, 0.15) is 27.2 Å². The molecule has 2 N–H and O–H groups in total. The van der Waals surface area contributed by atoms with Crippen molar-refractivity contribution in [3.63, 3.8) is 0 Å². The van der Waals surface area contributed by atoms with Crippen LogP contribution in [0, 0.1) is 0 Å². The lowest BCUT2D eigenvalue weighted by molar-refractivity contribution is 0.0687. The van der Waals surface area contributed by atoms with Gasteiger partial charge in [-0.3, -0.25) is 4.79 Å². The lowest BCUT2D eigenvalue weighted by Crippen LogP contribution is -2.26. The number of aromatic nitrogens is 2. The van der Waals surface area contributed by atoms with E-state index >= 15 is 0 Å². The summed E-state index contributed by atoms with van der Waals surface area (Å²) in [5.41, 5.74) is 2.19. The molecule has 0 aliphatic carbocycles. The molecule has 0 fully saturated rings. The molecule has 0 amide bonds. The molecule has 0 aliphatic rings. The molecular weight excluding hydrogens is 460 g/mol. The number of aromatic hydroxyl groups is 1. The zero-order valence-electron chi connectivity index (χ0n) is 16.5. The zero-order valence-corrected chi connectivity index (χ0v) is 18.0. The number of pyridine rings is 2. The van der Waals surface area contributed by atoms with Gasteiger partial charge in [0.25, 0.3) is 5.56 Å². The van der Waals surface area contributed by atoms with Gasteiger partial charge in [0.1, 0.15) is 4.60 Å². The molecule has 0 aliphatic heterocycles. The number of carbonyl (C=O) groups is 1. The first-order valence-electron chi connectivity index (χ1n) is 9.71. The molecule has 0 saturated heterocycles. The van der Waals surface area contributed by atoms with E-state index in [9.17, 15) is 19.8 Å². The summed E-state index contributed by atoms with van der Waals surface area (Å²) in [5.74, 6) is -1.79. The Bertz CT molecular complexity index is 1320. The van der Waals surface area contributed by atoms with E-state index in [4.69, 9.17) is 0 Å². The number of nitrogens with zero attached hydrogens (tertiary/aromatic N) is 2. The summed E-state index contributed by atoms with van der Waals surface area (Å²) in [6, 6.07) is 20.8. The molecular formula is C24H19BrN2O4. The third kappa shape index (κ3) is 4.22. The fourth-order valence-electron chi connectivity index (χ4n) is 3.63. The van der Waals surface area contributed by atoms with Gasteiger partial charge in [0.15, 0.2) is 11.4 Å². The fourth-order valence-corrected chi connectivity index (χ4v) is 4.23. The number of aromatic carboxylic acids is 1. The second kappa shape index (κ2) is 8.73. The Morgan fingerprint density at radius 3 is 2.19 bits per heavy atom. The van der Waals surface area contributed by atoms with E-state index in [1.54, 1.807) is 6.07 Å². The molecule has 0 spiro atoms. The summed E-state index contributed by atoms with van der Waals surface area (Å²) in [4.78, 5) is 28.9.